The summed E-state index contributed by atoms with van der Waals surface area (Å²) in [5.41, 5.74) is 1.55. The summed E-state index contributed by atoms with van der Waals surface area (Å²) in [7, 11) is 0. The van der Waals surface area contributed by atoms with E-state index in [0.717, 1.165) is 5.56 Å². The van der Waals surface area contributed by atoms with Crippen LogP contribution in [0.1, 0.15) is 5.56 Å². The third kappa shape index (κ3) is 2.72. The lowest BCUT2D eigenvalue weighted by molar-refractivity contribution is -0.00000330. The van der Waals surface area contributed by atoms with E-state index in [9.17, 15) is 0 Å². The van der Waals surface area contributed by atoms with Crippen molar-refractivity contribution in [1.29, 1.82) is 5.39 Å². The Morgan fingerprint density at radius 2 is 2.00 bits per heavy atom. The molecule has 6 nitrogen and oxygen atoms in total. The quantitative estimate of drug-likeness (QED) is 0.563. The lowest BCUT2D eigenvalue weighted by Gasteiger charge is -1.96. The van der Waals surface area contributed by atoms with E-state index in [-0.39, 0.29) is 12.4 Å². The number of halogens is 1. The van der Waals surface area contributed by atoms with Gasteiger partial charge >= 0.3 is 5.69 Å². The van der Waals surface area contributed by atoms with Crippen LogP contribution < -0.4 is 12.4 Å². The molecule has 0 saturated heterocycles. The second kappa shape index (κ2) is 5.02. The molecule has 1 aromatic carbocycles. The van der Waals surface area contributed by atoms with Gasteiger partial charge in [0.1, 0.15) is 0 Å². The maximum atomic E-state index is 8.47. The Kier molecular flexibility index (Phi) is 3.71. The largest absolute Gasteiger partial charge is 1.00 e. The third-order valence-corrected chi connectivity index (χ3v) is 1.77. The van der Waals surface area contributed by atoms with Crippen LogP contribution in [0.4, 0.5) is 5.69 Å². The summed E-state index contributed by atoms with van der Waals surface area (Å²) in [6.07, 6.45) is 1.39. The maximum Gasteiger partial charge on any atom is 0.385 e. The molecule has 2 aromatic rings. The molecular weight excluding hydrogens is 216 g/mol. The van der Waals surface area contributed by atoms with Gasteiger partial charge in [0, 0.05) is 12.1 Å². The zero-order valence-corrected chi connectivity index (χ0v) is 8.41. The van der Waals surface area contributed by atoms with E-state index in [1.54, 1.807) is 12.1 Å². The predicted molar refractivity (Wildman–Crippen MR) is 48.1 cm³/mol. The molecule has 0 saturated carbocycles. The van der Waals surface area contributed by atoms with Crippen LogP contribution in [-0.4, -0.2) is 20.2 Å². The van der Waals surface area contributed by atoms with Crippen molar-refractivity contribution in [3.63, 3.8) is 0 Å². The normalized spacial score (nSPS) is 9.00. The minimum atomic E-state index is 0. The number of aromatic nitrogens is 4. The van der Waals surface area contributed by atoms with Crippen LogP contribution in [0.3, 0.4) is 0 Å². The smallest absolute Gasteiger partial charge is 0.385 e. The van der Waals surface area contributed by atoms with Crippen LogP contribution >= 0.6 is 0 Å². The van der Waals surface area contributed by atoms with Gasteiger partial charge in [-0.2, -0.15) is 4.80 Å². The van der Waals surface area contributed by atoms with Gasteiger partial charge in [0.05, 0.1) is 6.54 Å². The van der Waals surface area contributed by atoms with Gasteiger partial charge in [-0.25, -0.2) is 0 Å². The van der Waals surface area contributed by atoms with Crippen LogP contribution in [0.25, 0.3) is 4.98 Å². The molecule has 0 fully saturated rings. The SMILES string of the molecule is N#[N+]c1ccc(Cn2ncnn2)cc1.[Cl-]. The van der Waals surface area contributed by atoms with Gasteiger partial charge in [0.25, 0.3) is 0 Å². The number of diazo groups is 1. The molecule has 0 atom stereocenters. The molecule has 76 valence electrons. The van der Waals surface area contributed by atoms with E-state index in [0.29, 0.717) is 12.2 Å². The highest BCUT2D eigenvalue weighted by atomic mass is 35.5. The van der Waals surface area contributed by atoms with Crippen molar-refractivity contribution < 1.29 is 12.4 Å². The second-order valence-corrected chi connectivity index (χ2v) is 2.73. The molecule has 15 heavy (non-hydrogen) atoms. The van der Waals surface area contributed by atoms with Gasteiger partial charge in [0.15, 0.2) is 11.3 Å². The molecule has 0 aliphatic rings. The van der Waals surface area contributed by atoms with Crippen LogP contribution in [-0.2, 0) is 6.54 Å². The minimum Gasteiger partial charge on any atom is -1.00 e. The van der Waals surface area contributed by atoms with Gasteiger partial charge in [-0.15, -0.1) is 10.2 Å². The fraction of sp³-hybridized carbons (Fsp3) is 0.125. The summed E-state index contributed by atoms with van der Waals surface area (Å²) in [5, 5.41) is 19.7. The Morgan fingerprint density at radius 3 is 2.53 bits per heavy atom. The van der Waals surface area contributed by atoms with E-state index >= 15 is 0 Å². The average molecular weight is 223 g/mol. The topological polar surface area (TPSA) is 71.8 Å². The summed E-state index contributed by atoms with van der Waals surface area (Å²) in [6.45, 7) is 0.561. The van der Waals surface area contributed by atoms with Crippen molar-refractivity contribution in [1.82, 2.24) is 20.2 Å². The molecule has 0 radical (unpaired) electrons. The average Bonchev–Trinajstić information content (AvgIpc) is 2.72. The number of tetrazole rings is 1. The minimum absolute atomic E-state index is 0. The fourth-order valence-corrected chi connectivity index (χ4v) is 1.09. The Morgan fingerprint density at radius 1 is 1.27 bits per heavy atom. The summed E-state index contributed by atoms with van der Waals surface area (Å²) >= 11 is 0. The first-order valence-electron chi connectivity index (χ1n) is 4.03. The molecule has 0 aliphatic carbocycles. The number of hydrogen-bond donors (Lipinski definition) is 0. The molecule has 0 aliphatic heterocycles. The van der Waals surface area contributed by atoms with E-state index in [1.165, 1.54) is 11.1 Å². The fourth-order valence-electron chi connectivity index (χ4n) is 1.09. The third-order valence-electron chi connectivity index (χ3n) is 1.77. The molecule has 0 N–H and O–H groups in total. The standard InChI is InChI=1S/C8H7N6.ClH/c9-12-8-3-1-7(2-4-8)5-14-11-6-10-13-14;/h1-4,6H,5H2;1H/q+1;/p-1. The lowest BCUT2D eigenvalue weighted by atomic mass is 10.2. The number of hydrogen-bond acceptors (Lipinski definition) is 4. The van der Waals surface area contributed by atoms with Crippen molar-refractivity contribution in [2.45, 2.75) is 6.54 Å². The van der Waals surface area contributed by atoms with Crippen molar-refractivity contribution in [3.8, 4) is 0 Å². The highest BCUT2D eigenvalue weighted by Gasteiger charge is 2.03. The Labute approximate surface area is 92.0 Å². The number of benzene rings is 1. The van der Waals surface area contributed by atoms with E-state index < -0.39 is 0 Å². The van der Waals surface area contributed by atoms with Gasteiger partial charge in [0.2, 0.25) is 5.39 Å². The number of nitrogens with zero attached hydrogens (tertiary/aromatic N) is 6. The van der Waals surface area contributed by atoms with Gasteiger partial charge in [-0.3, -0.25) is 0 Å². The van der Waals surface area contributed by atoms with Crippen molar-refractivity contribution in [2.24, 2.45) is 0 Å². The highest BCUT2D eigenvalue weighted by Crippen LogP contribution is 2.12. The van der Waals surface area contributed by atoms with Crippen LogP contribution in [0, 0.1) is 5.39 Å². The first kappa shape index (κ1) is 11.1. The molecule has 7 heteroatoms. The van der Waals surface area contributed by atoms with Gasteiger partial charge in [-0.1, -0.05) is 0 Å². The van der Waals surface area contributed by atoms with Crippen LogP contribution in [0.5, 0.6) is 0 Å². The first-order valence-corrected chi connectivity index (χ1v) is 4.03. The molecule has 0 bridgehead atoms. The first-order chi connectivity index (χ1) is 6.88. The monoisotopic (exact) mass is 222 g/mol. The van der Waals surface area contributed by atoms with Crippen molar-refractivity contribution in [3.05, 3.63) is 41.1 Å². The van der Waals surface area contributed by atoms with Gasteiger partial charge < -0.3 is 12.4 Å². The maximum absolute atomic E-state index is 8.47. The molecule has 0 amide bonds. The van der Waals surface area contributed by atoms with E-state index in [4.69, 9.17) is 5.39 Å². The highest BCUT2D eigenvalue weighted by molar-refractivity contribution is 5.44. The Hall–Kier alpha value is -2.00. The lowest BCUT2D eigenvalue weighted by Crippen LogP contribution is -3.00. The van der Waals surface area contributed by atoms with E-state index in [2.05, 4.69) is 20.4 Å². The Balaban J connectivity index is 0.00000112. The predicted octanol–water partition coefficient (Wildman–Crippen LogP) is -1.79. The van der Waals surface area contributed by atoms with Crippen molar-refractivity contribution >= 4 is 5.69 Å². The molecule has 1 heterocycles. The summed E-state index contributed by atoms with van der Waals surface area (Å²) in [6, 6.07) is 7.12. The molecule has 0 spiro atoms. The Bertz CT molecular complexity index is 443. The van der Waals surface area contributed by atoms with Crippen LogP contribution in [0.15, 0.2) is 30.6 Å². The molecule has 2 rings (SSSR count). The molecule has 0 unspecified atom stereocenters. The molecule has 1 aromatic heterocycles. The zero-order valence-electron chi connectivity index (χ0n) is 7.66. The zero-order chi connectivity index (χ0) is 9.80. The van der Waals surface area contributed by atoms with Crippen LogP contribution in [0.2, 0.25) is 0 Å². The summed E-state index contributed by atoms with van der Waals surface area (Å²) in [5.74, 6) is 0. The summed E-state index contributed by atoms with van der Waals surface area (Å²) < 4.78 is 0. The van der Waals surface area contributed by atoms with E-state index in [1.807, 2.05) is 12.1 Å². The second-order valence-electron chi connectivity index (χ2n) is 2.73. The number of rotatable bonds is 2. The summed E-state index contributed by atoms with van der Waals surface area (Å²) in [4.78, 5) is 4.54. The molecular formula is C8H7ClN6. The van der Waals surface area contributed by atoms with Crippen molar-refractivity contribution in [2.75, 3.05) is 0 Å². The van der Waals surface area contributed by atoms with Gasteiger partial charge in [-0.05, 0) is 22.9 Å².